The number of rotatable bonds is 5. The Hall–Kier alpha value is -1.48. The Bertz CT molecular complexity index is 523. The van der Waals surface area contributed by atoms with Crippen molar-refractivity contribution in [2.45, 2.75) is 24.4 Å². The SMILES string of the molecule is Cc1csc(CSc2nnnn2CC(=O)O)n1. The summed E-state index contributed by atoms with van der Waals surface area (Å²) in [5, 5.41) is 22.9. The van der Waals surface area contributed by atoms with E-state index in [1.54, 1.807) is 11.3 Å². The van der Waals surface area contributed by atoms with Crippen LogP contribution in [0.5, 0.6) is 0 Å². The molecule has 0 spiro atoms. The molecule has 0 aliphatic carbocycles. The van der Waals surface area contributed by atoms with Crippen LogP contribution in [0.25, 0.3) is 0 Å². The Morgan fingerprint density at radius 3 is 3.12 bits per heavy atom. The summed E-state index contributed by atoms with van der Waals surface area (Å²) in [7, 11) is 0. The minimum atomic E-state index is -0.968. The van der Waals surface area contributed by atoms with E-state index in [1.807, 2.05) is 12.3 Å². The van der Waals surface area contributed by atoms with Crippen molar-refractivity contribution < 1.29 is 9.90 Å². The van der Waals surface area contributed by atoms with E-state index in [2.05, 4.69) is 20.5 Å². The van der Waals surface area contributed by atoms with E-state index in [-0.39, 0.29) is 6.54 Å². The highest BCUT2D eigenvalue weighted by molar-refractivity contribution is 7.98. The summed E-state index contributed by atoms with van der Waals surface area (Å²) in [6.07, 6.45) is 0. The summed E-state index contributed by atoms with van der Waals surface area (Å²) in [6, 6.07) is 0. The average Bonchev–Trinajstić information content (AvgIpc) is 2.84. The van der Waals surface area contributed by atoms with Gasteiger partial charge in [-0.05, 0) is 17.4 Å². The maximum atomic E-state index is 10.6. The monoisotopic (exact) mass is 271 g/mol. The van der Waals surface area contributed by atoms with Crippen LogP contribution in [0, 0.1) is 6.92 Å². The van der Waals surface area contributed by atoms with Crippen molar-refractivity contribution in [1.29, 1.82) is 0 Å². The molecule has 0 radical (unpaired) electrons. The first kappa shape index (κ1) is 12.0. The van der Waals surface area contributed by atoms with Crippen molar-refractivity contribution in [2.75, 3.05) is 0 Å². The lowest BCUT2D eigenvalue weighted by Gasteiger charge is -1.99. The number of carboxylic acids is 1. The predicted molar refractivity (Wildman–Crippen MR) is 61.9 cm³/mol. The quantitative estimate of drug-likeness (QED) is 0.804. The molecular weight excluding hydrogens is 262 g/mol. The molecule has 0 unspecified atom stereocenters. The lowest BCUT2D eigenvalue weighted by atomic mass is 10.6. The Labute approximate surface area is 105 Å². The van der Waals surface area contributed by atoms with Gasteiger partial charge in [-0.3, -0.25) is 4.79 Å². The van der Waals surface area contributed by atoms with E-state index < -0.39 is 5.97 Å². The van der Waals surface area contributed by atoms with E-state index in [1.165, 1.54) is 16.4 Å². The summed E-state index contributed by atoms with van der Waals surface area (Å²) in [5.41, 5.74) is 0.982. The zero-order valence-electron chi connectivity index (χ0n) is 8.90. The minimum absolute atomic E-state index is 0.230. The van der Waals surface area contributed by atoms with Gasteiger partial charge in [0.2, 0.25) is 5.16 Å². The van der Waals surface area contributed by atoms with Crippen molar-refractivity contribution in [1.82, 2.24) is 25.2 Å². The minimum Gasteiger partial charge on any atom is -0.480 e. The molecule has 2 heterocycles. The number of aromatic nitrogens is 5. The summed E-state index contributed by atoms with van der Waals surface area (Å²) >= 11 is 2.94. The van der Waals surface area contributed by atoms with Gasteiger partial charge in [0, 0.05) is 11.1 Å². The number of aryl methyl sites for hydroxylation is 1. The summed E-state index contributed by atoms with van der Waals surface area (Å²) in [4.78, 5) is 14.9. The topological polar surface area (TPSA) is 93.8 Å². The van der Waals surface area contributed by atoms with Gasteiger partial charge in [0.05, 0.1) is 5.75 Å². The molecule has 90 valence electrons. The number of thiazole rings is 1. The van der Waals surface area contributed by atoms with E-state index >= 15 is 0 Å². The molecule has 0 aliphatic rings. The molecule has 17 heavy (non-hydrogen) atoms. The normalized spacial score (nSPS) is 10.6. The third-order valence-electron chi connectivity index (χ3n) is 1.78. The van der Waals surface area contributed by atoms with Gasteiger partial charge in [-0.25, -0.2) is 9.67 Å². The van der Waals surface area contributed by atoms with E-state index in [0.29, 0.717) is 10.9 Å². The van der Waals surface area contributed by atoms with Crippen molar-refractivity contribution in [3.05, 3.63) is 16.1 Å². The second kappa shape index (κ2) is 5.23. The van der Waals surface area contributed by atoms with Crippen molar-refractivity contribution >= 4 is 29.1 Å². The fourth-order valence-corrected chi connectivity index (χ4v) is 2.79. The van der Waals surface area contributed by atoms with Gasteiger partial charge in [-0.15, -0.1) is 16.4 Å². The highest BCUT2D eigenvalue weighted by Crippen LogP contribution is 2.21. The number of hydrogen-bond acceptors (Lipinski definition) is 7. The van der Waals surface area contributed by atoms with Crippen molar-refractivity contribution in [3.8, 4) is 0 Å². The van der Waals surface area contributed by atoms with Crippen LogP contribution in [-0.2, 0) is 17.1 Å². The van der Waals surface area contributed by atoms with E-state index in [4.69, 9.17) is 5.11 Å². The van der Waals surface area contributed by atoms with Crippen LogP contribution in [0.2, 0.25) is 0 Å². The van der Waals surface area contributed by atoms with Crippen LogP contribution in [0.15, 0.2) is 10.5 Å². The van der Waals surface area contributed by atoms with Crippen LogP contribution in [0.3, 0.4) is 0 Å². The lowest BCUT2D eigenvalue weighted by Crippen LogP contribution is -2.11. The number of aliphatic carboxylic acids is 1. The largest absolute Gasteiger partial charge is 0.480 e. The van der Waals surface area contributed by atoms with Crippen molar-refractivity contribution in [3.63, 3.8) is 0 Å². The molecule has 0 fully saturated rings. The number of thioether (sulfide) groups is 1. The average molecular weight is 271 g/mol. The Kier molecular flexibility index (Phi) is 3.69. The molecule has 2 aromatic rings. The first-order valence-electron chi connectivity index (χ1n) is 4.67. The third-order valence-corrected chi connectivity index (χ3v) is 3.89. The van der Waals surface area contributed by atoms with Crippen LogP contribution in [-0.4, -0.2) is 36.3 Å². The molecule has 1 N–H and O–H groups in total. The number of nitrogens with zero attached hydrogens (tertiary/aromatic N) is 5. The van der Waals surface area contributed by atoms with Gasteiger partial charge < -0.3 is 5.11 Å². The van der Waals surface area contributed by atoms with Crippen LogP contribution in [0.4, 0.5) is 0 Å². The second-order valence-electron chi connectivity index (χ2n) is 3.18. The highest BCUT2D eigenvalue weighted by Gasteiger charge is 2.10. The number of tetrazole rings is 1. The molecule has 0 aromatic carbocycles. The molecule has 0 bridgehead atoms. The second-order valence-corrected chi connectivity index (χ2v) is 5.07. The molecule has 9 heteroatoms. The van der Waals surface area contributed by atoms with E-state index in [9.17, 15) is 4.79 Å². The van der Waals surface area contributed by atoms with Crippen molar-refractivity contribution in [2.24, 2.45) is 0 Å². The maximum Gasteiger partial charge on any atom is 0.325 e. The van der Waals surface area contributed by atoms with Gasteiger partial charge in [-0.2, -0.15) is 0 Å². The molecule has 0 saturated carbocycles. The van der Waals surface area contributed by atoms with Gasteiger partial charge >= 0.3 is 5.97 Å². The van der Waals surface area contributed by atoms with Gasteiger partial charge in [0.15, 0.2) is 0 Å². The molecule has 0 amide bonds. The summed E-state index contributed by atoms with van der Waals surface area (Å²) in [5.74, 6) is -0.331. The standard InChI is InChI=1S/C8H9N5O2S2/c1-5-3-16-6(9-5)4-17-8-10-11-12-13(8)2-7(14)15/h3H,2,4H2,1H3,(H,14,15). The van der Waals surface area contributed by atoms with Crippen LogP contribution >= 0.6 is 23.1 Å². The molecule has 2 rings (SSSR count). The fourth-order valence-electron chi connectivity index (χ4n) is 1.12. The zero-order chi connectivity index (χ0) is 12.3. The zero-order valence-corrected chi connectivity index (χ0v) is 10.5. The van der Waals surface area contributed by atoms with Crippen LogP contribution < -0.4 is 0 Å². The Balaban J connectivity index is 1.99. The fraction of sp³-hybridized carbons (Fsp3) is 0.375. The predicted octanol–water partition coefficient (Wildman–Crippen LogP) is 0.815. The van der Waals surface area contributed by atoms with Gasteiger partial charge in [0.25, 0.3) is 0 Å². The molecule has 0 atom stereocenters. The maximum absolute atomic E-state index is 10.6. The molecular formula is C8H9N5O2S2. The Morgan fingerprint density at radius 2 is 2.47 bits per heavy atom. The molecule has 0 saturated heterocycles. The number of hydrogen-bond donors (Lipinski definition) is 1. The van der Waals surface area contributed by atoms with Crippen LogP contribution in [0.1, 0.15) is 10.7 Å². The smallest absolute Gasteiger partial charge is 0.325 e. The number of carbonyl (C=O) groups is 1. The summed E-state index contributed by atoms with van der Waals surface area (Å²) in [6.45, 7) is 1.70. The van der Waals surface area contributed by atoms with Gasteiger partial charge in [-0.1, -0.05) is 11.8 Å². The highest BCUT2D eigenvalue weighted by atomic mass is 32.2. The summed E-state index contributed by atoms with van der Waals surface area (Å²) < 4.78 is 1.26. The molecule has 2 aromatic heterocycles. The Morgan fingerprint density at radius 1 is 1.65 bits per heavy atom. The first-order chi connectivity index (χ1) is 8.15. The number of carboxylic acid groups (broad SMARTS) is 1. The first-order valence-corrected chi connectivity index (χ1v) is 6.53. The lowest BCUT2D eigenvalue weighted by molar-refractivity contribution is -0.138. The van der Waals surface area contributed by atoms with Gasteiger partial charge in [0.1, 0.15) is 11.6 Å². The molecule has 7 nitrogen and oxygen atoms in total. The molecule has 0 aliphatic heterocycles. The third kappa shape index (κ3) is 3.24. The van der Waals surface area contributed by atoms with E-state index in [0.717, 1.165) is 10.7 Å².